The van der Waals surface area contributed by atoms with Crippen molar-refractivity contribution in [3.05, 3.63) is 42.5 Å². The minimum Gasteiger partial charge on any atom is -0.494 e. The second-order valence-corrected chi connectivity index (χ2v) is 4.82. The zero-order valence-corrected chi connectivity index (χ0v) is 12.4. The Morgan fingerprint density at radius 1 is 1.18 bits per heavy atom. The van der Waals surface area contributed by atoms with Gasteiger partial charge in [0.1, 0.15) is 11.4 Å². The van der Waals surface area contributed by atoms with Crippen LogP contribution in [-0.4, -0.2) is 22.5 Å². The smallest absolute Gasteiger partial charge is 0.309 e. The number of ether oxygens (including phenoxy) is 2. The molecular weight excluding hydrogens is 280 g/mol. The number of carbonyl (C=O) groups excluding carboxylic acids is 1. The summed E-state index contributed by atoms with van der Waals surface area (Å²) in [5.41, 5.74) is 2.67. The van der Waals surface area contributed by atoms with Crippen molar-refractivity contribution >= 4 is 17.0 Å². The third kappa shape index (κ3) is 2.93. The van der Waals surface area contributed by atoms with E-state index in [-0.39, 0.29) is 5.97 Å². The van der Waals surface area contributed by atoms with Gasteiger partial charge in [-0.05, 0) is 48.9 Å². The Bertz CT molecular complexity index is 806. The number of benzene rings is 1. The van der Waals surface area contributed by atoms with Crippen LogP contribution in [0.2, 0.25) is 0 Å². The number of nitrogens with zero attached hydrogens (tertiary/aromatic N) is 1. The van der Waals surface area contributed by atoms with Gasteiger partial charge in [0, 0.05) is 24.1 Å². The minimum atomic E-state index is -0.384. The first-order chi connectivity index (χ1) is 10.7. The molecule has 0 aliphatic rings. The fourth-order valence-corrected chi connectivity index (χ4v) is 2.24. The van der Waals surface area contributed by atoms with E-state index in [2.05, 4.69) is 9.97 Å². The molecule has 1 aromatic carbocycles. The molecule has 2 aromatic heterocycles. The van der Waals surface area contributed by atoms with E-state index in [1.165, 1.54) is 6.92 Å². The highest BCUT2D eigenvalue weighted by molar-refractivity contribution is 5.83. The first kappa shape index (κ1) is 14.1. The second kappa shape index (κ2) is 5.89. The highest BCUT2D eigenvalue weighted by Crippen LogP contribution is 2.26. The molecule has 2 heterocycles. The van der Waals surface area contributed by atoms with Gasteiger partial charge in [0.15, 0.2) is 0 Å². The Labute approximate surface area is 127 Å². The van der Waals surface area contributed by atoms with Gasteiger partial charge in [-0.2, -0.15) is 4.98 Å². The number of hydrogen-bond acceptors (Lipinski definition) is 4. The van der Waals surface area contributed by atoms with E-state index in [4.69, 9.17) is 9.47 Å². The van der Waals surface area contributed by atoms with Crippen LogP contribution >= 0.6 is 0 Å². The number of rotatable bonds is 4. The van der Waals surface area contributed by atoms with Crippen molar-refractivity contribution in [2.45, 2.75) is 13.8 Å². The maximum absolute atomic E-state index is 11.0. The molecule has 0 radical (unpaired) electrons. The van der Waals surface area contributed by atoms with E-state index in [1.807, 2.05) is 43.3 Å². The number of aromatic amines is 1. The van der Waals surface area contributed by atoms with Crippen LogP contribution in [0, 0.1) is 0 Å². The van der Waals surface area contributed by atoms with Crippen LogP contribution in [0.1, 0.15) is 13.8 Å². The van der Waals surface area contributed by atoms with E-state index in [0.717, 1.165) is 22.4 Å². The standard InChI is InChI=1S/C17H16N2O3/c1-3-21-14-7-4-12(5-8-14)15-10-13-6-9-16(22-11(2)20)19-17(13)18-15/h4-10H,3H2,1-2H3,(H,18,19). The lowest BCUT2D eigenvalue weighted by Crippen LogP contribution is -2.02. The molecule has 0 aliphatic carbocycles. The van der Waals surface area contributed by atoms with E-state index < -0.39 is 0 Å². The first-order valence-corrected chi connectivity index (χ1v) is 7.07. The van der Waals surface area contributed by atoms with Crippen LogP contribution in [0.25, 0.3) is 22.3 Å². The normalized spacial score (nSPS) is 10.6. The molecule has 0 aliphatic heterocycles. The van der Waals surface area contributed by atoms with Crippen LogP contribution in [0.3, 0.4) is 0 Å². The molecule has 3 rings (SSSR count). The quantitative estimate of drug-likeness (QED) is 0.748. The predicted molar refractivity (Wildman–Crippen MR) is 84.0 cm³/mol. The van der Waals surface area contributed by atoms with Gasteiger partial charge in [-0.15, -0.1) is 0 Å². The molecule has 0 fully saturated rings. The number of hydrogen-bond donors (Lipinski definition) is 1. The lowest BCUT2D eigenvalue weighted by molar-refractivity contribution is -0.132. The summed E-state index contributed by atoms with van der Waals surface area (Å²) >= 11 is 0. The van der Waals surface area contributed by atoms with Gasteiger partial charge in [-0.3, -0.25) is 4.79 Å². The Morgan fingerprint density at radius 2 is 1.95 bits per heavy atom. The average molecular weight is 296 g/mol. The molecule has 0 unspecified atom stereocenters. The lowest BCUT2D eigenvalue weighted by atomic mass is 10.1. The van der Waals surface area contributed by atoms with Crippen molar-refractivity contribution in [1.29, 1.82) is 0 Å². The molecule has 0 amide bonds. The predicted octanol–water partition coefficient (Wildman–Crippen LogP) is 3.55. The molecule has 0 bridgehead atoms. The zero-order valence-electron chi connectivity index (χ0n) is 12.4. The Hall–Kier alpha value is -2.82. The van der Waals surface area contributed by atoms with Gasteiger partial charge in [0.05, 0.1) is 6.61 Å². The van der Waals surface area contributed by atoms with Crippen LogP contribution in [0.15, 0.2) is 42.5 Å². The summed E-state index contributed by atoms with van der Waals surface area (Å²) in [5.74, 6) is 0.753. The number of pyridine rings is 1. The van der Waals surface area contributed by atoms with Gasteiger partial charge >= 0.3 is 5.97 Å². The van der Waals surface area contributed by atoms with Gasteiger partial charge in [0.2, 0.25) is 5.88 Å². The number of nitrogens with one attached hydrogen (secondary N) is 1. The van der Waals surface area contributed by atoms with Gasteiger partial charge in [-0.25, -0.2) is 0 Å². The third-order valence-corrected chi connectivity index (χ3v) is 3.18. The summed E-state index contributed by atoms with van der Waals surface area (Å²) in [4.78, 5) is 18.5. The molecule has 0 saturated heterocycles. The molecule has 0 spiro atoms. The summed E-state index contributed by atoms with van der Waals surface area (Å²) in [6.45, 7) is 3.96. The monoisotopic (exact) mass is 296 g/mol. The minimum absolute atomic E-state index is 0.292. The first-order valence-electron chi connectivity index (χ1n) is 7.07. The van der Waals surface area contributed by atoms with Crippen LogP contribution in [-0.2, 0) is 4.79 Å². The molecule has 22 heavy (non-hydrogen) atoms. The van der Waals surface area contributed by atoms with Gasteiger partial charge in [-0.1, -0.05) is 0 Å². The molecule has 5 heteroatoms. The number of esters is 1. The van der Waals surface area contributed by atoms with Crippen molar-refractivity contribution in [1.82, 2.24) is 9.97 Å². The van der Waals surface area contributed by atoms with E-state index in [9.17, 15) is 4.79 Å². The second-order valence-electron chi connectivity index (χ2n) is 4.82. The maximum atomic E-state index is 11.0. The summed E-state index contributed by atoms with van der Waals surface area (Å²) in [6.07, 6.45) is 0. The number of aromatic nitrogens is 2. The van der Waals surface area contributed by atoms with Crippen molar-refractivity contribution in [3.8, 4) is 22.9 Å². The number of carbonyl (C=O) groups is 1. The molecule has 3 aromatic rings. The third-order valence-electron chi connectivity index (χ3n) is 3.18. The van der Waals surface area contributed by atoms with Crippen LogP contribution < -0.4 is 9.47 Å². The highest BCUT2D eigenvalue weighted by atomic mass is 16.5. The highest BCUT2D eigenvalue weighted by Gasteiger charge is 2.07. The Morgan fingerprint density at radius 3 is 2.64 bits per heavy atom. The Kier molecular flexibility index (Phi) is 3.78. The fourth-order valence-electron chi connectivity index (χ4n) is 2.24. The summed E-state index contributed by atoms with van der Waals surface area (Å²) < 4.78 is 10.4. The number of fused-ring (bicyclic) bond motifs is 1. The Balaban J connectivity index is 1.92. The summed E-state index contributed by atoms with van der Waals surface area (Å²) in [5, 5.41) is 0.958. The maximum Gasteiger partial charge on any atom is 0.309 e. The molecule has 112 valence electrons. The van der Waals surface area contributed by atoms with Crippen molar-refractivity contribution in [2.24, 2.45) is 0 Å². The molecule has 0 atom stereocenters. The van der Waals surface area contributed by atoms with E-state index >= 15 is 0 Å². The van der Waals surface area contributed by atoms with E-state index in [0.29, 0.717) is 18.1 Å². The summed E-state index contributed by atoms with van der Waals surface area (Å²) in [7, 11) is 0. The number of H-pyrrole nitrogens is 1. The lowest BCUT2D eigenvalue weighted by Gasteiger charge is -2.03. The van der Waals surface area contributed by atoms with Gasteiger partial charge < -0.3 is 14.5 Å². The topological polar surface area (TPSA) is 64.2 Å². The molecule has 1 N–H and O–H groups in total. The van der Waals surface area contributed by atoms with Crippen molar-refractivity contribution in [3.63, 3.8) is 0 Å². The SMILES string of the molecule is CCOc1ccc(-c2cc3ccc(OC(C)=O)nc3[nH]2)cc1. The summed E-state index contributed by atoms with van der Waals surface area (Å²) in [6, 6.07) is 13.4. The average Bonchev–Trinajstić information content (AvgIpc) is 2.91. The largest absolute Gasteiger partial charge is 0.494 e. The molecule has 0 saturated carbocycles. The van der Waals surface area contributed by atoms with Crippen molar-refractivity contribution in [2.75, 3.05) is 6.61 Å². The fraction of sp³-hybridized carbons (Fsp3) is 0.176. The van der Waals surface area contributed by atoms with Crippen LogP contribution in [0.5, 0.6) is 11.6 Å². The van der Waals surface area contributed by atoms with Gasteiger partial charge in [0.25, 0.3) is 0 Å². The van der Waals surface area contributed by atoms with E-state index in [1.54, 1.807) is 6.07 Å². The molecule has 5 nitrogen and oxygen atoms in total. The molecular formula is C17H16N2O3. The van der Waals surface area contributed by atoms with Crippen molar-refractivity contribution < 1.29 is 14.3 Å². The zero-order chi connectivity index (χ0) is 15.5. The van der Waals surface area contributed by atoms with Crippen LogP contribution in [0.4, 0.5) is 0 Å².